The number of primary amides is 1. The zero-order chi connectivity index (χ0) is 19.8. The fourth-order valence-electron chi connectivity index (χ4n) is 3.52. The zero-order valence-electron chi connectivity index (χ0n) is 16.6. The molecule has 4 N–H and O–H groups in total. The summed E-state index contributed by atoms with van der Waals surface area (Å²) in [4.78, 5) is 15.9. The van der Waals surface area contributed by atoms with Crippen molar-refractivity contribution in [2.24, 2.45) is 16.6 Å². The number of aliphatic imine (C=N–C) groups is 1. The molecule has 5 nitrogen and oxygen atoms in total. The summed E-state index contributed by atoms with van der Waals surface area (Å²) in [6.45, 7) is 2.91. The highest BCUT2D eigenvalue weighted by molar-refractivity contribution is 6.03. The maximum Gasteiger partial charge on any atom is 0.221 e. The Morgan fingerprint density at radius 2 is 1.54 bits per heavy atom. The van der Waals surface area contributed by atoms with E-state index in [1.165, 1.54) is 37.7 Å². The first kappa shape index (κ1) is 19.9. The van der Waals surface area contributed by atoms with Gasteiger partial charge < -0.3 is 16.4 Å². The third-order valence-corrected chi connectivity index (χ3v) is 5.14. The largest absolute Gasteiger partial charge is 0.369 e. The standard InChI is InChI=1S/C23H30N4O/c1-17-7-11-20(12-8-17)26-23(25-16-19-5-3-2-4-6-19)27-21-13-9-18(10-14-21)15-22(24)28/h7-14,19H,2-6,15-16H2,1H3,(H2,24,28)(H2,25,26,27). The van der Waals surface area contributed by atoms with Crippen molar-refractivity contribution in [1.82, 2.24) is 0 Å². The van der Waals surface area contributed by atoms with Gasteiger partial charge in [-0.1, -0.05) is 49.1 Å². The Balaban J connectivity index is 1.70. The number of benzene rings is 2. The van der Waals surface area contributed by atoms with Crippen molar-refractivity contribution in [1.29, 1.82) is 0 Å². The van der Waals surface area contributed by atoms with Crippen LogP contribution in [0.25, 0.3) is 0 Å². The molecule has 1 saturated carbocycles. The van der Waals surface area contributed by atoms with E-state index in [1.54, 1.807) is 0 Å². The molecule has 28 heavy (non-hydrogen) atoms. The number of hydrogen-bond acceptors (Lipinski definition) is 2. The summed E-state index contributed by atoms with van der Waals surface area (Å²) in [6, 6.07) is 16.0. The van der Waals surface area contributed by atoms with Gasteiger partial charge in [-0.3, -0.25) is 9.79 Å². The Hall–Kier alpha value is -2.82. The van der Waals surface area contributed by atoms with E-state index in [0.29, 0.717) is 5.92 Å². The monoisotopic (exact) mass is 378 g/mol. The van der Waals surface area contributed by atoms with Crippen molar-refractivity contribution < 1.29 is 4.79 Å². The molecule has 2 aromatic carbocycles. The van der Waals surface area contributed by atoms with Gasteiger partial charge in [0, 0.05) is 17.9 Å². The number of nitrogens with two attached hydrogens (primary N) is 1. The van der Waals surface area contributed by atoms with E-state index in [1.807, 2.05) is 24.3 Å². The average molecular weight is 379 g/mol. The minimum Gasteiger partial charge on any atom is -0.369 e. The number of hydrogen-bond donors (Lipinski definition) is 3. The third-order valence-electron chi connectivity index (χ3n) is 5.14. The van der Waals surface area contributed by atoms with Gasteiger partial charge in [0.25, 0.3) is 0 Å². The first-order chi connectivity index (χ1) is 13.6. The molecular formula is C23H30N4O. The highest BCUT2D eigenvalue weighted by Gasteiger charge is 2.13. The number of nitrogens with one attached hydrogen (secondary N) is 2. The first-order valence-corrected chi connectivity index (χ1v) is 10.1. The highest BCUT2D eigenvalue weighted by Crippen LogP contribution is 2.24. The summed E-state index contributed by atoms with van der Waals surface area (Å²) in [5.41, 5.74) is 9.33. The van der Waals surface area contributed by atoms with E-state index < -0.39 is 0 Å². The summed E-state index contributed by atoms with van der Waals surface area (Å²) in [5.74, 6) is 1.09. The Bertz CT molecular complexity index is 790. The quantitative estimate of drug-likeness (QED) is 0.512. The van der Waals surface area contributed by atoms with Crippen LogP contribution in [-0.2, 0) is 11.2 Å². The maximum absolute atomic E-state index is 11.1. The fraction of sp³-hybridized carbons (Fsp3) is 0.391. The van der Waals surface area contributed by atoms with Gasteiger partial charge in [0.15, 0.2) is 5.96 Å². The molecule has 0 atom stereocenters. The summed E-state index contributed by atoms with van der Waals surface area (Å²) >= 11 is 0. The minimum absolute atomic E-state index is 0.254. The molecule has 1 aliphatic carbocycles. The second kappa shape index (κ2) is 9.93. The predicted octanol–water partition coefficient (Wildman–Crippen LogP) is 4.48. The summed E-state index contributed by atoms with van der Waals surface area (Å²) in [7, 11) is 0. The molecule has 3 rings (SSSR count). The molecule has 5 heteroatoms. The lowest BCUT2D eigenvalue weighted by Gasteiger charge is -2.20. The Morgan fingerprint density at radius 3 is 2.11 bits per heavy atom. The normalized spacial score (nSPS) is 15.2. The number of amides is 1. The molecule has 0 radical (unpaired) electrons. The van der Waals surface area contributed by atoms with Gasteiger partial charge in [-0.05, 0) is 55.5 Å². The third kappa shape index (κ3) is 6.41. The van der Waals surface area contributed by atoms with E-state index in [-0.39, 0.29) is 12.3 Å². The SMILES string of the molecule is Cc1ccc(NC(=NCC2CCCCC2)Nc2ccc(CC(N)=O)cc2)cc1. The van der Waals surface area contributed by atoms with Crippen LogP contribution in [0.1, 0.15) is 43.2 Å². The molecule has 1 aliphatic rings. The summed E-state index contributed by atoms with van der Waals surface area (Å²) in [6.07, 6.45) is 6.77. The molecule has 1 fully saturated rings. The average Bonchev–Trinajstić information content (AvgIpc) is 2.70. The first-order valence-electron chi connectivity index (χ1n) is 10.1. The smallest absolute Gasteiger partial charge is 0.221 e. The van der Waals surface area contributed by atoms with Gasteiger partial charge in [0.1, 0.15) is 0 Å². The molecule has 148 valence electrons. The molecule has 0 saturated heterocycles. The lowest BCUT2D eigenvalue weighted by atomic mass is 9.89. The number of carbonyl (C=O) groups excluding carboxylic acids is 1. The zero-order valence-corrected chi connectivity index (χ0v) is 16.6. The van der Waals surface area contributed by atoms with E-state index in [4.69, 9.17) is 10.7 Å². The number of anilines is 2. The van der Waals surface area contributed by atoms with Crippen LogP contribution in [0.4, 0.5) is 11.4 Å². The van der Waals surface area contributed by atoms with Crippen molar-refractivity contribution in [3.8, 4) is 0 Å². The molecule has 0 heterocycles. The number of nitrogens with zero attached hydrogens (tertiary/aromatic N) is 1. The molecule has 0 bridgehead atoms. The van der Waals surface area contributed by atoms with Crippen LogP contribution in [0.2, 0.25) is 0 Å². The lowest BCUT2D eigenvalue weighted by molar-refractivity contribution is -0.117. The number of aryl methyl sites for hydroxylation is 1. The van der Waals surface area contributed by atoms with E-state index >= 15 is 0 Å². The van der Waals surface area contributed by atoms with Gasteiger partial charge in [0.05, 0.1) is 6.42 Å². The van der Waals surface area contributed by atoms with Gasteiger partial charge in [-0.15, -0.1) is 0 Å². The van der Waals surface area contributed by atoms with Crippen LogP contribution in [0.3, 0.4) is 0 Å². The topological polar surface area (TPSA) is 79.5 Å². The van der Waals surface area contributed by atoms with Gasteiger partial charge >= 0.3 is 0 Å². The van der Waals surface area contributed by atoms with Crippen LogP contribution < -0.4 is 16.4 Å². The van der Waals surface area contributed by atoms with Crippen molar-refractivity contribution >= 4 is 23.2 Å². The Kier molecular flexibility index (Phi) is 7.06. The van der Waals surface area contributed by atoms with Gasteiger partial charge in [-0.2, -0.15) is 0 Å². The van der Waals surface area contributed by atoms with E-state index in [2.05, 4.69) is 41.8 Å². The maximum atomic E-state index is 11.1. The van der Waals surface area contributed by atoms with Gasteiger partial charge in [0.2, 0.25) is 5.91 Å². The second-order valence-electron chi connectivity index (χ2n) is 7.65. The summed E-state index contributed by atoms with van der Waals surface area (Å²) in [5, 5.41) is 6.79. The van der Waals surface area contributed by atoms with E-state index in [0.717, 1.165) is 29.4 Å². The van der Waals surface area contributed by atoms with Crippen LogP contribution in [0.5, 0.6) is 0 Å². The molecule has 1 amide bonds. The molecule has 0 aliphatic heterocycles. The lowest BCUT2D eigenvalue weighted by Crippen LogP contribution is -2.24. The van der Waals surface area contributed by atoms with Crippen LogP contribution >= 0.6 is 0 Å². The van der Waals surface area contributed by atoms with Crippen LogP contribution in [0.15, 0.2) is 53.5 Å². The Morgan fingerprint density at radius 1 is 0.964 bits per heavy atom. The molecule has 0 aromatic heterocycles. The van der Waals surface area contributed by atoms with Crippen molar-refractivity contribution in [2.45, 2.75) is 45.4 Å². The highest BCUT2D eigenvalue weighted by atomic mass is 16.1. The van der Waals surface area contributed by atoms with E-state index in [9.17, 15) is 4.79 Å². The number of carbonyl (C=O) groups is 1. The predicted molar refractivity (Wildman–Crippen MR) is 117 cm³/mol. The van der Waals surface area contributed by atoms with Crippen LogP contribution in [-0.4, -0.2) is 18.4 Å². The Labute approximate surface area is 167 Å². The second-order valence-corrected chi connectivity index (χ2v) is 7.65. The summed E-state index contributed by atoms with van der Waals surface area (Å²) < 4.78 is 0. The van der Waals surface area contributed by atoms with Crippen molar-refractivity contribution in [3.05, 3.63) is 59.7 Å². The molecular weight excluding hydrogens is 348 g/mol. The molecule has 2 aromatic rings. The number of guanidine groups is 1. The molecule has 0 spiro atoms. The molecule has 0 unspecified atom stereocenters. The fourth-order valence-corrected chi connectivity index (χ4v) is 3.52. The minimum atomic E-state index is -0.323. The van der Waals surface area contributed by atoms with Crippen molar-refractivity contribution in [3.63, 3.8) is 0 Å². The number of rotatable bonds is 6. The van der Waals surface area contributed by atoms with Crippen molar-refractivity contribution in [2.75, 3.05) is 17.2 Å². The van der Waals surface area contributed by atoms with Crippen LogP contribution in [0, 0.1) is 12.8 Å². The van der Waals surface area contributed by atoms with Gasteiger partial charge in [-0.25, -0.2) is 0 Å².